The van der Waals surface area contributed by atoms with Gasteiger partial charge in [0.05, 0.1) is 13.7 Å². The molecule has 0 spiro atoms. The summed E-state index contributed by atoms with van der Waals surface area (Å²) in [6.07, 6.45) is -0.616. The Morgan fingerprint density at radius 3 is 2.44 bits per heavy atom. The molecule has 2 aromatic carbocycles. The molecule has 0 atom stereocenters. The summed E-state index contributed by atoms with van der Waals surface area (Å²) >= 11 is 5.97. The zero-order valence-corrected chi connectivity index (χ0v) is 14.4. The van der Waals surface area contributed by atoms with Crippen LogP contribution in [0.25, 0.3) is 0 Å². The monoisotopic (exact) mass is 365 g/mol. The summed E-state index contributed by atoms with van der Waals surface area (Å²) in [7, 11) is 2.78. The summed E-state index contributed by atoms with van der Waals surface area (Å²) in [6.45, 7) is 0.0114. The number of ether oxygens (including phenoxy) is 1. The van der Waals surface area contributed by atoms with Crippen molar-refractivity contribution >= 4 is 35.1 Å². The molecule has 0 aliphatic carbocycles. The van der Waals surface area contributed by atoms with Crippen LogP contribution in [-0.2, 0) is 11.3 Å². The van der Waals surface area contributed by atoms with Gasteiger partial charge in [-0.15, -0.1) is 0 Å². The first-order valence-corrected chi connectivity index (χ1v) is 7.68. The molecule has 2 rings (SSSR count). The Morgan fingerprint density at radius 1 is 1.16 bits per heavy atom. The van der Waals surface area contributed by atoms with Gasteiger partial charge in [-0.05, 0) is 30.3 Å². The van der Waals surface area contributed by atoms with E-state index in [4.69, 9.17) is 11.6 Å². The molecule has 25 heavy (non-hydrogen) atoms. The SMILES string of the molecule is COC(=O)Nc1cccc(NC(=O)N(C)Cc2c(F)cccc2Cl)c1. The Balaban J connectivity index is 2.04. The van der Waals surface area contributed by atoms with E-state index in [0.29, 0.717) is 11.4 Å². The number of nitrogens with zero attached hydrogens (tertiary/aromatic N) is 1. The normalized spacial score (nSPS) is 10.1. The predicted molar refractivity (Wildman–Crippen MR) is 94.4 cm³/mol. The second kappa shape index (κ2) is 8.34. The number of halogens is 2. The molecule has 0 saturated heterocycles. The number of rotatable bonds is 4. The average molecular weight is 366 g/mol. The van der Waals surface area contributed by atoms with Gasteiger partial charge in [-0.2, -0.15) is 0 Å². The number of hydrogen-bond donors (Lipinski definition) is 2. The number of hydrogen-bond acceptors (Lipinski definition) is 3. The molecule has 2 aromatic rings. The van der Waals surface area contributed by atoms with E-state index in [1.807, 2.05) is 0 Å². The zero-order chi connectivity index (χ0) is 18.4. The van der Waals surface area contributed by atoms with Gasteiger partial charge < -0.3 is 15.0 Å². The van der Waals surface area contributed by atoms with Crippen LogP contribution in [0.5, 0.6) is 0 Å². The van der Waals surface area contributed by atoms with Crippen LogP contribution < -0.4 is 10.6 Å². The molecule has 0 aliphatic rings. The second-order valence-electron chi connectivity index (χ2n) is 5.18. The summed E-state index contributed by atoms with van der Waals surface area (Å²) in [5.41, 5.74) is 1.16. The van der Waals surface area contributed by atoms with Crippen molar-refractivity contribution in [2.45, 2.75) is 6.54 Å². The number of nitrogens with one attached hydrogen (secondary N) is 2. The molecular formula is C17H17ClFN3O3. The van der Waals surface area contributed by atoms with E-state index in [2.05, 4.69) is 15.4 Å². The third kappa shape index (κ3) is 5.09. The van der Waals surface area contributed by atoms with E-state index >= 15 is 0 Å². The van der Waals surface area contributed by atoms with Gasteiger partial charge in [-0.1, -0.05) is 23.7 Å². The fraction of sp³-hybridized carbons (Fsp3) is 0.176. The van der Waals surface area contributed by atoms with Crippen molar-refractivity contribution in [1.82, 2.24) is 4.90 Å². The molecule has 2 N–H and O–H groups in total. The van der Waals surface area contributed by atoms with E-state index in [-0.39, 0.29) is 17.1 Å². The van der Waals surface area contributed by atoms with Crippen LogP contribution in [0.2, 0.25) is 5.02 Å². The first-order chi connectivity index (χ1) is 11.9. The highest BCUT2D eigenvalue weighted by Gasteiger charge is 2.14. The molecule has 0 radical (unpaired) electrons. The summed E-state index contributed by atoms with van der Waals surface area (Å²) in [5.74, 6) is -0.476. The zero-order valence-electron chi connectivity index (χ0n) is 13.7. The lowest BCUT2D eigenvalue weighted by Gasteiger charge is -2.19. The molecule has 0 saturated carbocycles. The number of benzene rings is 2. The molecular weight excluding hydrogens is 349 g/mol. The Hall–Kier alpha value is -2.80. The lowest BCUT2D eigenvalue weighted by atomic mass is 10.2. The highest BCUT2D eigenvalue weighted by Crippen LogP contribution is 2.21. The Morgan fingerprint density at radius 2 is 1.80 bits per heavy atom. The molecule has 0 heterocycles. The smallest absolute Gasteiger partial charge is 0.411 e. The van der Waals surface area contributed by atoms with Gasteiger partial charge in [-0.25, -0.2) is 14.0 Å². The Bertz CT molecular complexity index is 765. The van der Waals surface area contributed by atoms with Crippen molar-refractivity contribution in [1.29, 1.82) is 0 Å². The van der Waals surface area contributed by atoms with Crippen molar-refractivity contribution < 1.29 is 18.7 Å². The molecule has 132 valence electrons. The molecule has 6 nitrogen and oxygen atoms in total. The maximum Gasteiger partial charge on any atom is 0.411 e. The third-order valence-corrected chi connectivity index (χ3v) is 3.70. The van der Waals surface area contributed by atoms with Crippen LogP contribution in [0.4, 0.5) is 25.4 Å². The molecule has 0 fully saturated rings. The van der Waals surface area contributed by atoms with Crippen LogP contribution in [-0.4, -0.2) is 31.2 Å². The third-order valence-electron chi connectivity index (χ3n) is 3.35. The van der Waals surface area contributed by atoms with Gasteiger partial charge in [0.2, 0.25) is 0 Å². The Labute approximate surface area is 149 Å². The molecule has 0 aromatic heterocycles. The molecule has 0 aliphatic heterocycles. The van der Waals surface area contributed by atoms with E-state index in [1.165, 1.54) is 31.2 Å². The molecule has 0 unspecified atom stereocenters. The van der Waals surface area contributed by atoms with E-state index < -0.39 is 17.9 Å². The van der Waals surface area contributed by atoms with Crippen LogP contribution in [0.3, 0.4) is 0 Å². The van der Waals surface area contributed by atoms with Gasteiger partial charge in [0.1, 0.15) is 5.82 Å². The predicted octanol–water partition coefficient (Wildman–Crippen LogP) is 4.32. The fourth-order valence-corrected chi connectivity index (χ4v) is 2.28. The van der Waals surface area contributed by atoms with E-state index in [1.54, 1.807) is 30.3 Å². The number of carbonyl (C=O) groups is 2. The minimum atomic E-state index is -0.616. The molecule has 8 heteroatoms. The minimum absolute atomic E-state index is 0.0114. The van der Waals surface area contributed by atoms with Gasteiger partial charge in [0.25, 0.3) is 0 Å². The van der Waals surface area contributed by atoms with E-state index in [9.17, 15) is 14.0 Å². The molecule has 3 amide bonds. The quantitative estimate of drug-likeness (QED) is 0.847. The van der Waals surface area contributed by atoms with Crippen LogP contribution >= 0.6 is 11.6 Å². The number of amides is 3. The summed E-state index contributed by atoms with van der Waals surface area (Å²) in [5, 5.41) is 5.41. The maximum atomic E-state index is 13.8. The summed E-state index contributed by atoms with van der Waals surface area (Å²) in [6, 6.07) is 10.4. The van der Waals surface area contributed by atoms with Crippen molar-refractivity contribution in [3.8, 4) is 0 Å². The second-order valence-corrected chi connectivity index (χ2v) is 5.59. The number of carbonyl (C=O) groups excluding carboxylic acids is 2. The lowest BCUT2D eigenvalue weighted by Crippen LogP contribution is -2.31. The van der Waals surface area contributed by atoms with Crippen LogP contribution in [0.1, 0.15) is 5.56 Å². The Kier molecular flexibility index (Phi) is 6.19. The van der Waals surface area contributed by atoms with Crippen molar-refractivity contribution in [3.05, 3.63) is 58.9 Å². The topological polar surface area (TPSA) is 70.7 Å². The maximum absolute atomic E-state index is 13.8. The van der Waals surface area contributed by atoms with Gasteiger partial charge in [0, 0.05) is 29.0 Å². The van der Waals surface area contributed by atoms with Gasteiger partial charge in [0.15, 0.2) is 0 Å². The average Bonchev–Trinajstić information content (AvgIpc) is 2.58. The summed E-state index contributed by atoms with van der Waals surface area (Å²) < 4.78 is 18.3. The van der Waals surface area contributed by atoms with Crippen molar-refractivity contribution in [2.24, 2.45) is 0 Å². The first kappa shape index (κ1) is 18.5. The highest BCUT2D eigenvalue weighted by molar-refractivity contribution is 6.31. The van der Waals surface area contributed by atoms with Gasteiger partial charge >= 0.3 is 12.1 Å². The van der Waals surface area contributed by atoms with Crippen molar-refractivity contribution in [2.75, 3.05) is 24.8 Å². The standard InChI is InChI=1S/C17H17ClFN3O3/c1-22(10-13-14(18)7-4-8-15(13)19)16(23)20-11-5-3-6-12(9-11)21-17(24)25-2/h3-9H,10H2,1-2H3,(H,20,23)(H,21,24). The number of methoxy groups -OCH3 is 1. The largest absolute Gasteiger partial charge is 0.453 e. The number of urea groups is 1. The molecule has 0 bridgehead atoms. The van der Waals surface area contributed by atoms with Crippen molar-refractivity contribution in [3.63, 3.8) is 0 Å². The van der Waals surface area contributed by atoms with Crippen LogP contribution in [0, 0.1) is 5.82 Å². The number of anilines is 2. The summed E-state index contributed by atoms with van der Waals surface area (Å²) in [4.78, 5) is 24.8. The van der Waals surface area contributed by atoms with Gasteiger partial charge in [-0.3, -0.25) is 5.32 Å². The fourth-order valence-electron chi connectivity index (χ4n) is 2.05. The minimum Gasteiger partial charge on any atom is -0.453 e. The van der Waals surface area contributed by atoms with E-state index in [0.717, 1.165) is 0 Å². The van der Waals surface area contributed by atoms with Crippen LogP contribution in [0.15, 0.2) is 42.5 Å². The lowest BCUT2D eigenvalue weighted by molar-refractivity contribution is 0.187. The first-order valence-electron chi connectivity index (χ1n) is 7.30. The highest BCUT2D eigenvalue weighted by atomic mass is 35.5.